The van der Waals surface area contributed by atoms with Crippen molar-refractivity contribution in [3.8, 4) is 0 Å². The van der Waals surface area contributed by atoms with Crippen LogP contribution in [0.5, 0.6) is 0 Å². The first-order chi connectivity index (χ1) is 12.4. The molecule has 0 aromatic carbocycles. The standard InChI is InChI=1S/C24H54O2Si2/c1-21(2,3)15-13-19(23(7,8)9)25-27-17-18-28-26-20(24(10,11)12)14-16-22(4,5)6/h19-20H,13-18,27-28H2,1-12H3. The zero-order valence-corrected chi connectivity index (χ0v) is 24.5. The predicted molar refractivity (Wildman–Crippen MR) is 133 cm³/mol. The summed E-state index contributed by atoms with van der Waals surface area (Å²) in [4.78, 5) is 0. The van der Waals surface area contributed by atoms with Gasteiger partial charge in [-0.25, -0.2) is 0 Å². The minimum Gasteiger partial charge on any atom is -0.421 e. The van der Waals surface area contributed by atoms with Crippen LogP contribution in [0.15, 0.2) is 0 Å². The summed E-state index contributed by atoms with van der Waals surface area (Å²) in [5.74, 6) is 0. The lowest BCUT2D eigenvalue weighted by molar-refractivity contribution is 0.0695. The fourth-order valence-corrected chi connectivity index (χ4v) is 7.18. The SMILES string of the molecule is CC(C)(C)CCC(O[SiH2]CC[SiH2]OC(CCC(C)(C)C)C(C)(C)C)C(C)(C)C. The average molecular weight is 431 g/mol. The third-order valence-electron chi connectivity index (χ3n) is 5.42. The zero-order valence-electron chi connectivity index (χ0n) is 21.6. The summed E-state index contributed by atoms with van der Waals surface area (Å²) in [6, 6.07) is 2.56. The van der Waals surface area contributed by atoms with E-state index in [-0.39, 0.29) is 10.8 Å². The molecule has 0 heterocycles. The molecule has 170 valence electrons. The first-order valence-electron chi connectivity index (χ1n) is 11.6. The van der Waals surface area contributed by atoms with Gasteiger partial charge in [0.1, 0.15) is 0 Å². The molecule has 2 unspecified atom stereocenters. The summed E-state index contributed by atoms with van der Waals surface area (Å²) >= 11 is 0. The second-order valence-electron chi connectivity index (χ2n) is 13.4. The molecule has 2 nitrogen and oxygen atoms in total. The molecule has 28 heavy (non-hydrogen) atoms. The van der Waals surface area contributed by atoms with E-state index in [1.54, 1.807) is 0 Å². The number of rotatable bonds is 11. The van der Waals surface area contributed by atoms with Crippen molar-refractivity contribution in [1.82, 2.24) is 0 Å². The Morgan fingerprint density at radius 1 is 0.536 bits per heavy atom. The van der Waals surface area contributed by atoms with Crippen LogP contribution in [0, 0.1) is 21.7 Å². The van der Waals surface area contributed by atoms with Crippen LogP contribution < -0.4 is 0 Å². The Hall–Kier alpha value is 0.354. The van der Waals surface area contributed by atoms with Gasteiger partial charge in [-0.05, 0) is 59.4 Å². The van der Waals surface area contributed by atoms with Gasteiger partial charge in [-0.15, -0.1) is 0 Å². The van der Waals surface area contributed by atoms with E-state index in [0.29, 0.717) is 23.0 Å². The van der Waals surface area contributed by atoms with Gasteiger partial charge in [0.05, 0.1) is 0 Å². The molecule has 0 saturated heterocycles. The summed E-state index contributed by atoms with van der Waals surface area (Å²) in [7, 11) is -0.877. The Morgan fingerprint density at radius 2 is 0.821 bits per heavy atom. The highest BCUT2D eigenvalue weighted by atomic mass is 28.2. The maximum Gasteiger partial charge on any atom is 0.161 e. The summed E-state index contributed by atoms with van der Waals surface area (Å²) in [6.07, 6.45) is 5.68. The first-order valence-corrected chi connectivity index (χ1v) is 14.8. The molecule has 0 aliphatic carbocycles. The molecule has 0 aromatic heterocycles. The maximum atomic E-state index is 6.47. The number of hydrogen-bond acceptors (Lipinski definition) is 2. The minimum absolute atomic E-state index is 0.246. The van der Waals surface area contributed by atoms with Crippen molar-refractivity contribution in [2.75, 3.05) is 0 Å². The van der Waals surface area contributed by atoms with E-state index >= 15 is 0 Å². The monoisotopic (exact) mass is 430 g/mol. The first kappa shape index (κ1) is 28.4. The molecule has 0 spiro atoms. The van der Waals surface area contributed by atoms with Gasteiger partial charge >= 0.3 is 0 Å². The van der Waals surface area contributed by atoms with Crippen molar-refractivity contribution in [1.29, 1.82) is 0 Å². The van der Waals surface area contributed by atoms with E-state index in [2.05, 4.69) is 83.1 Å². The molecule has 0 rings (SSSR count). The highest BCUT2D eigenvalue weighted by Gasteiger charge is 2.28. The van der Waals surface area contributed by atoms with Crippen LogP contribution >= 0.6 is 0 Å². The third kappa shape index (κ3) is 15.2. The highest BCUT2D eigenvalue weighted by molar-refractivity contribution is 6.34. The van der Waals surface area contributed by atoms with Gasteiger partial charge in [0.15, 0.2) is 19.5 Å². The van der Waals surface area contributed by atoms with Crippen LogP contribution in [0.4, 0.5) is 0 Å². The molecular weight excluding hydrogens is 376 g/mol. The molecule has 0 amide bonds. The predicted octanol–water partition coefficient (Wildman–Crippen LogP) is 6.51. The van der Waals surface area contributed by atoms with E-state index in [1.807, 2.05) is 0 Å². The molecule has 4 heteroatoms. The topological polar surface area (TPSA) is 18.5 Å². The number of hydrogen-bond donors (Lipinski definition) is 0. The maximum absolute atomic E-state index is 6.47. The van der Waals surface area contributed by atoms with Crippen LogP contribution in [0.2, 0.25) is 12.1 Å². The summed E-state index contributed by atoms with van der Waals surface area (Å²) in [5, 5.41) is 0. The Kier molecular flexibility index (Phi) is 11.8. The van der Waals surface area contributed by atoms with Gasteiger partial charge in [-0.1, -0.05) is 83.1 Å². The molecule has 0 aromatic rings. The van der Waals surface area contributed by atoms with Crippen LogP contribution in [0.3, 0.4) is 0 Å². The third-order valence-corrected chi connectivity index (χ3v) is 9.28. The van der Waals surface area contributed by atoms with E-state index in [1.165, 1.54) is 37.8 Å². The van der Waals surface area contributed by atoms with Gasteiger partial charge in [0.2, 0.25) is 0 Å². The molecule has 0 saturated carbocycles. The summed E-state index contributed by atoms with van der Waals surface area (Å²) in [5.41, 5.74) is 1.28. The van der Waals surface area contributed by atoms with Gasteiger partial charge in [0.25, 0.3) is 0 Å². The van der Waals surface area contributed by atoms with E-state index < -0.39 is 19.5 Å². The van der Waals surface area contributed by atoms with Crippen LogP contribution in [-0.4, -0.2) is 31.7 Å². The Labute approximate surface area is 183 Å². The summed E-state index contributed by atoms with van der Waals surface area (Å²) < 4.78 is 12.9. The van der Waals surface area contributed by atoms with Crippen molar-refractivity contribution in [2.45, 2.75) is 133 Å². The van der Waals surface area contributed by atoms with Gasteiger partial charge in [-0.3, -0.25) is 0 Å². The smallest absolute Gasteiger partial charge is 0.161 e. The molecule has 0 fully saturated rings. The van der Waals surface area contributed by atoms with Gasteiger partial charge < -0.3 is 8.85 Å². The van der Waals surface area contributed by atoms with Crippen molar-refractivity contribution < 1.29 is 8.85 Å². The Morgan fingerprint density at radius 3 is 1.04 bits per heavy atom. The van der Waals surface area contributed by atoms with Crippen molar-refractivity contribution >= 4 is 19.5 Å². The minimum atomic E-state index is -0.438. The van der Waals surface area contributed by atoms with Crippen molar-refractivity contribution in [3.63, 3.8) is 0 Å². The molecule has 0 aliphatic heterocycles. The largest absolute Gasteiger partial charge is 0.421 e. The van der Waals surface area contributed by atoms with Crippen LogP contribution in [0.1, 0.15) is 109 Å². The second kappa shape index (κ2) is 11.7. The Balaban J connectivity index is 4.29. The van der Waals surface area contributed by atoms with Gasteiger partial charge in [-0.2, -0.15) is 0 Å². The molecule has 0 aliphatic rings. The average Bonchev–Trinajstić information content (AvgIpc) is 2.43. The van der Waals surface area contributed by atoms with Gasteiger partial charge in [0, 0.05) is 12.2 Å². The van der Waals surface area contributed by atoms with E-state index in [4.69, 9.17) is 8.85 Å². The molecule has 2 atom stereocenters. The van der Waals surface area contributed by atoms with Crippen LogP contribution in [0.25, 0.3) is 0 Å². The quantitative estimate of drug-likeness (QED) is 0.275. The van der Waals surface area contributed by atoms with Crippen molar-refractivity contribution in [2.24, 2.45) is 21.7 Å². The van der Waals surface area contributed by atoms with E-state index in [9.17, 15) is 0 Å². The highest BCUT2D eigenvalue weighted by Crippen LogP contribution is 2.32. The van der Waals surface area contributed by atoms with Crippen LogP contribution in [-0.2, 0) is 8.85 Å². The molecular formula is C24H54O2Si2. The van der Waals surface area contributed by atoms with Crippen molar-refractivity contribution in [3.05, 3.63) is 0 Å². The second-order valence-corrected chi connectivity index (χ2v) is 16.3. The van der Waals surface area contributed by atoms with E-state index in [0.717, 1.165) is 0 Å². The Bertz CT molecular complexity index is 368. The fourth-order valence-electron chi connectivity index (χ4n) is 3.32. The molecule has 0 radical (unpaired) electrons. The lowest BCUT2D eigenvalue weighted by Crippen LogP contribution is -2.32. The molecule has 0 bridgehead atoms. The fraction of sp³-hybridized carbons (Fsp3) is 1.00. The lowest BCUT2D eigenvalue weighted by Gasteiger charge is -2.34. The molecule has 0 N–H and O–H groups in total. The zero-order chi connectivity index (χ0) is 22.2. The summed E-state index contributed by atoms with van der Waals surface area (Å²) in [6.45, 7) is 28.0. The lowest BCUT2D eigenvalue weighted by atomic mass is 9.81. The normalized spacial score (nSPS) is 17.1.